The molecule has 0 saturated heterocycles. The van der Waals surface area contributed by atoms with Crippen LogP contribution in [-0.2, 0) is 17.8 Å². The SMILES string of the molecule is Cc1ccc(COc2ccc(CCN(C)C(=O)OC(C)(C)C)cc2)cc1. The molecule has 1 amide bonds. The van der Waals surface area contributed by atoms with Crippen molar-refractivity contribution >= 4 is 6.09 Å². The highest BCUT2D eigenvalue weighted by molar-refractivity contribution is 5.67. The van der Waals surface area contributed by atoms with Gasteiger partial charge in [0.2, 0.25) is 0 Å². The Labute approximate surface area is 156 Å². The molecule has 2 rings (SSSR count). The van der Waals surface area contributed by atoms with Crippen molar-refractivity contribution in [2.45, 2.75) is 46.3 Å². The lowest BCUT2D eigenvalue weighted by Crippen LogP contribution is -2.35. The summed E-state index contributed by atoms with van der Waals surface area (Å²) < 4.78 is 11.2. The minimum atomic E-state index is -0.470. The maximum atomic E-state index is 12.0. The number of nitrogens with zero attached hydrogens (tertiary/aromatic N) is 1. The van der Waals surface area contributed by atoms with Gasteiger partial charge >= 0.3 is 6.09 Å². The second-order valence-corrected chi connectivity index (χ2v) is 7.57. The summed E-state index contributed by atoms with van der Waals surface area (Å²) in [5.41, 5.74) is 3.08. The molecule has 0 spiro atoms. The average Bonchev–Trinajstić information content (AvgIpc) is 2.58. The van der Waals surface area contributed by atoms with E-state index in [0.29, 0.717) is 13.2 Å². The maximum absolute atomic E-state index is 12.0. The molecule has 2 aromatic rings. The summed E-state index contributed by atoms with van der Waals surface area (Å²) in [4.78, 5) is 13.6. The van der Waals surface area contributed by atoms with Crippen LogP contribution in [0, 0.1) is 6.92 Å². The summed E-state index contributed by atoms with van der Waals surface area (Å²) in [6.07, 6.45) is 0.476. The Morgan fingerprint density at radius 2 is 1.54 bits per heavy atom. The summed E-state index contributed by atoms with van der Waals surface area (Å²) in [5, 5.41) is 0. The van der Waals surface area contributed by atoms with E-state index >= 15 is 0 Å². The molecule has 4 heteroatoms. The molecule has 0 saturated carbocycles. The van der Waals surface area contributed by atoms with Gasteiger partial charge in [-0.1, -0.05) is 42.0 Å². The van der Waals surface area contributed by atoms with Gasteiger partial charge in [0, 0.05) is 13.6 Å². The van der Waals surface area contributed by atoms with Crippen molar-refractivity contribution in [3.63, 3.8) is 0 Å². The number of amides is 1. The molecule has 2 aromatic carbocycles. The zero-order valence-electron chi connectivity index (χ0n) is 16.4. The molecule has 4 nitrogen and oxygen atoms in total. The first-order valence-corrected chi connectivity index (χ1v) is 8.94. The van der Waals surface area contributed by atoms with Crippen molar-refractivity contribution in [1.29, 1.82) is 0 Å². The van der Waals surface area contributed by atoms with Crippen molar-refractivity contribution in [3.8, 4) is 5.75 Å². The number of aryl methyl sites for hydroxylation is 1. The fraction of sp³-hybridized carbons (Fsp3) is 0.409. The second-order valence-electron chi connectivity index (χ2n) is 7.57. The van der Waals surface area contributed by atoms with Gasteiger partial charge in [-0.15, -0.1) is 0 Å². The summed E-state index contributed by atoms with van der Waals surface area (Å²) in [7, 11) is 1.76. The first-order chi connectivity index (χ1) is 12.2. The summed E-state index contributed by atoms with van der Waals surface area (Å²) in [6.45, 7) is 8.85. The number of hydrogen-bond donors (Lipinski definition) is 0. The predicted octanol–water partition coefficient (Wildman–Crippen LogP) is 4.98. The third-order valence-electron chi connectivity index (χ3n) is 3.89. The minimum Gasteiger partial charge on any atom is -0.489 e. The lowest BCUT2D eigenvalue weighted by atomic mass is 10.1. The highest BCUT2D eigenvalue weighted by atomic mass is 16.6. The largest absolute Gasteiger partial charge is 0.489 e. The first kappa shape index (κ1) is 19.8. The van der Waals surface area contributed by atoms with E-state index in [9.17, 15) is 4.79 Å². The van der Waals surface area contributed by atoms with E-state index in [0.717, 1.165) is 23.3 Å². The molecule has 0 N–H and O–H groups in total. The Morgan fingerprint density at radius 1 is 0.962 bits per heavy atom. The van der Waals surface area contributed by atoms with Gasteiger partial charge in [0.15, 0.2) is 0 Å². The highest BCUT2D eigenvalue weighted by Gasteiger charge is 2.19. The molecule has 0 aliphatic carbocycles. The van der Waals surface area contributed by atoms with Crippen molar-refractivity contribution in [2.24, 2.45) is 0 Å². The smallest absolute Gasteiger partial charge is 0.410 e. The van der Waals surface area contributed by atoms with E-state index in [2.05, 4.69) is 31.2 Å². The number of carbonyl (C=O) groups is 1. The molecular formula is C22H29NO3. The molecule has 0 unspecified atom stereocenters. The summed E-state index contributed by atoms with van der Waals surface area (Å²) in [6, 6.07) is 16.3. The number of ether oxygens (including phenoxy) is 2. The van der Waals surface area contributed by atoms with Crippen molar-refractivity contribution in [1.82, 2.24) is 4.90 Å². The molecule has 26 heavy (non-hydrogen) atoms. The maximum Gasteiger partial charge on any atom is 0.410 e. The fourth-order valence-electron chi connectivity index (χ4n) is 2.33. The zero-order valence-corrected chi connectivity index (χ0v) is 16.4. The van der Waals surface area contributed by atoms with E-state index in [1.165, 1.54) is 5.56 Å². The molecule has 0 aliphatic rings. The van der Waals surface area contributed by atoms with Gasteiger partial charge in [-0.25, -0.2) is 4.79 Å². The van der Waals surface area contributed by atoms with E-state index in [-0.39, 0.29) is 6.09 Å². The van der Waals surface area contributed by atoms with Crippen LogP contribution in [0.1, 0.15) is 37.5 Å². The number of carbonyl (C=O) groups excluding carboxylic acids is 1. The van der Waals surface area contributed by atoms with Crippen LogP contribution < -0.4 is 4.74 Å². The van der Waals surface area contributed by atoms with Gasteiger partial charge < -0.3 is 14.4 Å². The Bertz CT molecular complexity index is 700. The lowest BCUT2D eigenvalue weighted by molar-refractivity contribution is 0.0301. The normalized spacial score (nSPS) is 11.1. The summed E-state index contributed by atoms with van der Waals surface area (Å²) >= 11 is 0. The first-order valence-electron chi connectivity index (χ1n) is 8.94. The van der Waals surface area contributed by atoms with Crippen molar-refractivity contribution < 1.29 is 14.3 Å². The molecule has 0 atom stereocenters. The van der Waals surface area contributed by atoms with Gasteiger partial charge in [-0.2, -0.15) is 0 Å². The Kier molecular flexibility index (Phi) is 6.67. The van der Waals surface area contributed by atoms with E-state index < -0.39 is 5.60 Å². The van der Waals surface area contributed by atoms with Crippen LogP contribution in [0.15, 0.2) is 48.5 Å². The van der Waals surface area contributed by atoms with Crippen LogP contribution in [-0.4, -0.2) is 30.2 Å². The molecule has 0 radical (unpaired) electrons. The van der Waals surface area contributed by atoms with Crippen LogP contribution >= 0.6 is 0 Å². The monoisotopic (exact) mass is 355 g/mol. The average molecular weight is 355 g/mol. The molecule has 0 bridgehead atoms. The fourth-order valence-corrected chi connectivity index (χ4v) is 2.33. The Balaban J connectivity index is 1.79. The second kappa shape index (κ2) is 8.75. The third-order valence-corrected chi connectivity index (χ3v) is 3.89. The molecule has 0 aromatic heterocycles. The van der Waals surface area contributed by atoms with E-state index in [4.69, 9.17) is 9.47 Å². The third kappa shape index (κ3) is 6.79. The van der Waals surface area contributed by atoms with E-state index in [1.54, 1.807) is 11.9 Å². The molecular weight excluding hydrogens is 326 g/mol. The topological polar surface area (TPSA) is 38.8 Å². The van der Waals surface area contributed by atoms with Gasteiger partial charge in [0.05, 0.1) is 0 Å². The van der Waals surface area contributed by atoms with Gasteiger partial charge in [0.25, 0.3) is 0 Å². The highest BCUT2D eigenvalue weighted by Crippen LogP contribution is 2.16. The molecule has 0 aliphatic heterocycles. The minimum absolute atomic E-state index is 0.296. The quantitative estimate of drug-likeness (QED) is 0.733. The number of likely N-dealkylation sites (N-methyl/N-ethyl adjacent to an activating group) is 1. The van der Waals surface area contributed by atoms with E-state index in [1.807, 2.05) is 45.0 Å². The molecule has 140 valence electrons. The Hall–Kier alpha value is -2.49. The van der Waals surface area contributed by atoms with Crippen LogP contribution in [0.4, 0.5) is 4.79 Å². The van der Waals surface area contributed by atoms with Crippen LogP contribution in [0.3, 0.4) is 0 Å². The number of rotatable bonds is 6. The lowest BCUT2D eigenvalue weighted by Gasteiger charge is -2.24. The Morgan fingerprint density at radius 3 is 2.12 bits per heavy atom. The van der Waals surface area contributed by atoms with Crippen LogP contribution in [0.25, 0.3) is 0 Å². The number of benzene rings is 2. The standard InChI is InChI=1S/C22H29NO3/c1-17-6-8-19(9-7-17)16-25-20-12-10-18(11-13-20)14-15-23(5)21(24)26-22(2,3)4/h6-13H,14-16H2,1-5H3. The van der Waals surface area contributed by atoms with Gasteiger partial charge in [0.1, 0.15) is 18.0 Å². The summed E-state index contributed by atoms with van der Waals surface area (Å²) in [5.74, 6) is 0.842. The predicted molar refractivity (Wildman–Crippen MR) is 105 cm³/mol. The van der Waals surface area contributed by atoms with Crippen LogP contribution in [0.5, 0.6) is 5.75 Å². The van der Waals surface area contributed by atoms with Gasteiger partial charge in [-0.3, -0.25) is 0 Å². The molecule has 0 heterocycles. The number of hydrogen-bond acceptors (Lipinski definition) is 3. The van der Waals surface area contributed by atoms with Crippen molar-refractivity contribution in [3.05, 3.63) is 65.2 Å². The van der Waals surface area contributed by atoms with Crippen LogP contribution in [0.2, 0.25) is 0 Å². The zero-order chi connectivity index (χ0) is 19.2. The van der Waals surface area contributed by atoms with Crippen molar-refractivity contribution in [2.75, 3.05) is 13.6 Å². The van der Waals surface area contributed by atoms with Gasteiger partial charge in [-0.05, 0) is 57.4 Å². The molecule has 0 fully saturated rings.